The fourth-order valence-corrected chi connectivity index (χ4v) is 0. The van der Waals surface area contributed by atoms with Gasteiger partial charge in [-0.1, -0.05) is 0 Å². The summed E-state index contributed by atoms with van der Waals surface area (Å²) < 4.78 is 0. The molecule has 0 fully saturated rings. The maximum atomic E-state index is 5.17. The average molecular weight is 225 g/mol. The molecule has 0 saturated carbocycles. The van der Waals surface area contributed by atoms with Crippen molar-refractivity contribution in [3.8, 4) is 0 Å². The predicted molar refractivity (Wildman–Crippen MR) is 31.5 cm³/mol. The lowest BCUT2D eigenvalue weighted by Gasteiger charge is -1.58. The third-order valence-electron chi connectivity index (χ3n) is 0. The van der Waals surface area contributed by atoms with Crippen molar-refractivity contribution >= 4 is 49.4 Å². The first-order chi connectivity index (χ1) is 1.73. The normalized spacial score (nSPS) is 6.75. The van der Waals surface area contributed by atoms with Crippen LogP contribution in [0.2, 0.25) is 0 Å². The van der Waals surface area contributed by atoms with Gasteiger partial charge >= 0.3 is 9.02 Å². The van der Waals surface area contributed by atoms with Crippen LogP contribution in [-0.4, -0.2) is 9.02 Å². The average Bonchev–Trinajstić information content (AvgIpc) is 0.811. The SMILES string of the molecule is [Cl][Al]([Cl])[I]. The van der Waals surface area contributed by atoms with E-state index in [1.165, 1.54) is 0 Å². The maximum Gasteiger partial charge on any atom is 0.602 e. The summed E-state index contributed by atoms with van der Waals surface area (Å²) in [5, 5.41) is 0. The van der Waals surface area contributed by atoms with Crippen molar-refractivity contribution in [2.75, 3.05) is 0 Å². The van der Waals surface area contributed by atoms with E-state index in [-0.39, 0.29) is 0 Å². The molecule has 0 aliphatic rings. The summed E-state index contributed by atoms with van der Waals surface area (Å²) >= 11 is 2.01. The van der Waals surface area contributed by atoms with Crippen molar-refractivity contribution in [3.05, 3.63) is 0 Å². The van der Waals surface area contributed by atoms with Gasteiger partial charge in [0, 0.05) is 0 Å². The Hall–Kier alpha value is 1.84. The summed E-state index contributed by atoms with van der Waals surface area (Å²) in [6.45, 7) is 0. The molecule has 0 heterocycles. The molecule has 0 nitrogen and oxygen atoms in total. The minimum Gasteiger partial charge on any atom is -0.220 e. The fraction of sp³-hybridized carbons (Fsp3) is 0. The number of hydrogen-bond donors (Lipinski definition) is 0. The molecule has 0 aromatic carbocycles. The minimum absolute atomic E-state index is 1.22. The smallest absolute Gasteiger partial charge is 0.220 e. The quantitative estimate of drug-likeness (QED) is 0.436. The van der Waals surface area contributed by atoms with Crippen molar-refractivity contribution in [1.29, 1.82) is 0 Å². The van der Waals surface area contributed by atoms with Gasteiger partial charge in [0.25, 0.3) is 0 Å². The molecule has 0 aliphatic carbocycles. The molecular weight excluding hydrogens is 225 g/mol. The highest BCUT2D eigenvalue weighted by atomic mass is 127. The predicted octanol–water partition coefficient (Wildman–Crippen LogP) is 1.88. The van der Waals surface area contributed by atoms with Crippen LogP contribution in [0.3, 0.4) is 0 Å². The van der Waals surface area contributed by atoms with Crippen LogP contribution < -0.4 is 0 Å². The van der Waals surface area contributed by atoms with Gasteiger partial charge in [-0.05, 0) is 0 Å². The van der Waals surface area contributed by atoms with Crippen LogP contribution in [0, 0.1) is 0 Å². The fourth-order valence-electron chi connectivity index (χ4n) is 0. The van der Waals surface area contributed by atoms with E-state index >= 15 is 0 Å². The Labute approximate surface area is 48.9 Å². The second-order valence-electron chi connectivity index (χ2n) is 0.247. The van der Waals surface area contributed by atoms with Gasteiger partial charge in [0.05, 0.1) is 0 Å². The van der Waals surface area contributed by atoms with Crippen molar-refractivity contribution in [2.24, 2.45) is 0 Å². The summed E-state index contributed by atoms with van der Waals surface area (Å²) in [7, 11) is 9.11. The molecule has 0 rings (SSSR count). The molecule has 0 bridgehead atoms. The molecule has 0 amide bonds. The maximum absolute atomic E-state index is 5.17. The highest BCUT2D eigenvalue weighted by Gasteiger charge is 1.98. The van der Waals surface area contributed by atoms with E-state index in [1.807, 2.05) is 20.3 Å². The highest BCUT2D eigenvalue weighted by molar-refractivity contribution is 14.1. The van der Waals surface area contributed by atoms with E-state index in [0.717, 1.165) is 0 Å². The van der Waals surface area contributed by atoms with Crippen LogP contribution in [0.1, 0.15) is 0 Å². The zero-order valence-electron chi connectivity index (χ0n) is 1.71. The summed E-state index contributed by atoms with van der Waals surface area (Å²) in [6.07, 6.45) is 0. The lowest BCUT2D eigenvalue weighted by Crippen LogP contribution is -1.64. The molecule has 0 N–H and O–H groups in total. The Morgan fingerprint density at radius 1 is 1.50 bits per heavy atom. The van der Waals surface area contributed by atoms with Gasteiger partial charge in [-0.15, -0.1) is 0 Å². The topological polar surface area (TPSA) is 0 Å². The number of rotatable bonds is 0. The first-order valence-corrected chi connectivity index (χ1v) is 8.32. The molecule has 0 unspecified atom stereocenters. The molecular formula is AlCl2I. The molecule has 0 aromatic heterocycles. The van der Waals surface area contributed by atoms with Crippen LogP contribution >= 0.6 is 40.4 Å². The Bertz CT molecular complexity index is 10.8. The lowest BCUT2D eigenvalue weighted by molar-refractivity contribution is 4.33. The van der Waals surface area contributed by atoms with Crippen LogP contribution in [0.15, 0.2) is 0 Å². The second kappa shape index (κ2) is 3.05. The molecule has 24 valence electrons. The van der Waals surface area contributed by atoms with E-state index in [2.05, 4.69) is 0 Å². The van der Waals surface area contributed by atoms with Crippen LogP contribution in [-0.2, 0) is 0 Å². The zero-order chi connectivity index (χ0) is 3.58. The largest absolute Gasteiger partial charge is 0.602 e. The molecule has 0 atom stereocenters. The summed E-state index contributed by atoms with van der Waals surface area (Å²) in [5.74, 6) is 0. The van der Waals surface area contributed by atoms with E-state index in [4.69, 9.17) is 20.1 Å². The van der Waals surface area contributed by atoms with Crippen LogP contribution in [0.4, 0.5) is 0 Å². The van der Waals surface area contributed by atoms with Crippen molar-refractivity contribution in [2.45, 2.75) is 0 Å². The van der Waals surface area contributed by atoms with Crippen LogP contribution in [0.25, 0.3) is 0 Å². The first-order valence-electron chi connectivity index (χ1n) is 0.655. The zero-order valence-corrected chi connectivity index (χ0v) is 6.54. The Kier molecular flexibility index (Phi) is 4.45. The van der Waals surface area contributed by atoms with Crippen molar-refractivity contribution < 1.29 is 0 Å². The molecule has 0 aliphatic heterocycles. The van der Waals surface area contributed by atoms with Gasteiger partial charge in [0.15, 0.2) is 0 Å². The molecule has 4 heteroatoms. The lowest BCUT2D eigenvalue weighted by atomic mass is 26.7. The number of halogens is 3. The number of hydrogen-bond acceptors (Lipinski definition) is 0. The van der Waals surface area contributed by atoms with Crippen LogP contribution in [0.5, 0.6) is 0 Å². The molecule has 0 radical (unpaired) electrons. The van der Waals surface area contributed by atoms with E-state index in [1.54, 1.807) is 0 Å². The van der Waals surface area contributed by atoms with E-state index < -0.39 is 9.02 Å². The third kappa shape index (κ3) is 9.15. The van der Waals surface area contributed by atoms with E-state index in [9.17, 15) is 0 Å². The van der Waals surface area contributed by atoms with Crippen molar-refractivity contribution in [1.82, 2.24) is 0 Å². The van der Waals surface area contributed by atoms with Gasteiger partial charge in [-0.2, -0.15) is 20.3 Å². The standard InChI is InChI=1S/Al.2ClH.HI/h;3*1H/q+3;;;/p-3. The molecule has 0 spiro atoms. The highest BCUT2D eigenvalue weighted by Crippen LogP contribution is 2.02. The van der Waals surface area contributed by atoms with Gasteiger partial charge < -0.3 is 0 Å². The third-order valence-corrected chi connectivity index (χ3v) is 0. The molecule has 0 saturated heterocycles. The minimum atomic E-state index is -1.22. The van der Waals surface area contributed by atoms with Gasteiger partial charge in [0.1, 0.15) is 0 Å². The van der Waals surface area contributed by atoms with E-state index in [0.29, 0.717) is 0 Å². The monoisotopic (exact) mass is 224 g/mol. The molecule has 4 heavy (non-hydrogen) atoms. The van der Waals surface area contributed by atoms with Gasteiger partial charge in [-0.3, -0.25) is 0 Å². The van der Waals surface area contributed by atoms with Gasteiger partial charge in [0.2, 0.25) is 0 Å². The van der Waals surface area contributed by atoms with Gasteiger partial charge in [-0.25, -0.2) is 20.1 Å². The Morgan fingerprint density at radius 3 is 1.50 bits per heavy atom. The summed E-state index contributed by atoms with van der Waals surface area (Å²) in [5.41, 5.74) is 0. The Morgan fingerprint density at radius 2 is 1.50 bits per heavy atom. The Balaban J connectivity index is 2.32. The second-order valence-corrected chi connectivity index (χ2v) is 12.2. The summed E-state index contributed by atoms with van der Waals surface area (Å²) in [4.78, 5) is 0. The first kappa shape index (κ1) is 5.84. The molecule has 0 aromatic rings. The van der Waals surface area contributed by atoms with Crippen molar-refractivity contribution in [3.63, 3.8) is 0 Å². The summed E-state index contributed by atoms with van der Waals surface area (Å²) in [6, 6.07) is 0.